The summed E-state index contributed by atoms with van der Waals surface area (Å²) in [5.41, 5.74) is 2.27. The van der Waals surface area contributed by atoms with Crippen molar-refractivity contribution in [2.24, 2.45) is 5.92 Å². The Balaban J connectivity index is 1.43. The lowest BCUT2D eigenvalue weighted by molar-refractivity contribution is -0.122. The number of aromatic amines is 1. The number of thiazole rings is 1. The number of halogens is 1. The Hall–Kier alpha value is -3.33. The highest BCUT2D eigenvalue weighted by Crippen LogP contribution is 2.54. The van der Waals surface area contributed by atoms with E-state index in [1.165, 1.54) is 16.7 Å². The van der Waals surface area contributed by atoms with Gasteiger partial charge in [-0.2, -0.15) is 0 Å². The van der Waals surface area contributed by atoms with Gasteiger partial charge in [-0.25, -0.2) is 4.90 Å². The molecule has 36 heavy (non-hydrogen) atoms. The van der Waals surface area contributed by atoms with Crippen molar-refractivity contribution in [2.45, 2.75) is 22.8 Å². The molecular formula is C27H19ClN2O4S2. The number of nitrogens with one attached hydrogen (secondary N) is 1. The van der Waals surface area contributed by atoms with Gasteiger partial charge in [-0.3, -0.25) is 14.4 Å². The van der Waals surface area contributed by atoms with E-state index in [-0.39, 0.29) is 16.7 Å². The number of amides is 2. The maximum absolute atomic E-state index is 13.9. The topological polar surface area (TPSA) is 79.5 Å². The summed E-state index contributed by atoms with van der Waals surface area (Å²) in [4.78, 5) is 44.4. The van der Waals surface area contributed by atoms with E-state index in [1.807, 2.05) is 54.6 Å². The average Bonchev–Trinajstić information content (AvgIpc) is 3.38. The van der Waals surface area contributed by atoms with Crippen molar-refractivity contribution in [2.75, 3.05) is 4.90 Å². The van der Waals surface area contributed by atoms with Crippen molar-refractivity contribution in [3.8, 4) is 5.75 Å². The largest absolute Gasteiger partial charge is 0.489 e. The summed E-state index contributed by atoms with van der Waals surface area (Å²) in [6.45, 7) is 0.355. The first-order chi connectivity index (χ1) is 17.5. The fourth-order valence-corrected chi connectivity index (χ4v) is 7.43. The van der Waals surface area contributed by atoms with Crippen LogP contribution in [0.15, 0.2) is 88.7 Å². The molecule has 3 aromatic carbocycles. The minimum absolute atomic E-state index is 0.213. The minimum Gasteiger partial charge on any atom is -0.489 e. The van der Waals surface area contributed by atoms with Crippen LogP contribution in [0.2, 0.25) is 5.02 Å². The molecule has 1 aromatic heterocycles. The Kier molecular flexibility index (Phi) is 5.95. The van der Waals surface area contributed by atoms with Crippen molar-refractivity contribution in [1.29, 1.82) is 0 Å². The molecule has 2 unspecified atom stereocenters. The molecular weight excluding hydrogens is 516 g/mol. The molecule has 3 heterocycles. The summed E-state index contributed by atoms with van der Waals surface area (Å²) in [5, 5.41) is 0.484. The number of carbonyl (C=O) groups is 2. The molecule has 2 amide bonds. The molecule has 180 valence electrons. The van der Waals surface area contributed by atoms with Crippen LogP contribution < -0.4 is 14.5 Å². The second-order valence-corrected chi connectivity index (χ2v) is 11.2. The molecule has 2 aliphatic rings. The number of fused-ring (bicyclic) bond motifs is 2. The SMILES string of the molecule is O=C1C2Sc3[nH]c(=O)sc3[C@H](c3ccccc3OCc3ccccc3)C2C(=O)N1c1ccc(Cl)cc1. The zero-order valence-corrected chi connectivity index (χ0v) is 21.1. The number of thioether (sulfide) groups is 1. The Bertz CT molecular complexity index is 1520. The van der Waals surface area contributed by atoms with Crippen LogP contribution in [0.5, 0.6) is 5.75 Å². The fourth-order valence-electron chi connectivity index (χ4n) is 4.80. The van der Waals surface area contributed by atoms with Gasteiger partial charge >= 0.3 is 4.87 Å². The van der Waals surface area contributed by atoms with Crippen LogP contribution in [0, 0.1) is 5.92 Å². The van der Waals surface area contributed by atoms with Crippen LogP contribution in [-0.4, -0.2) is 22.0 Å². The molecule has 6 nitrogen and oxygen atoms in total. The van der Waals surface area contributed by atoms with E-state index < -0.39 is 17.1 Å². The quantitative estimate of drug-likeness (QED) is 0.344. The van der Waals surface area contributed by atoms with Crippen molar-refractivity contribution < 1.29 is 14.3 Å². The number of anilines is 1. The van der Waals surface area contributed by atoms with Gasteiger partial charge in [-0.15, -0.1) is 0 Å². The predicted octanol–water partition coefficient (Wildman–Crippen LogP) is 5.46. The third-order valence-electron chi connectivity index (χ3n) is 6.40. The standard InChI is InChI=1S/C27H19ClN2O4S2/c28-16-10-12-17(13-11-16)30-25(31)21-20(22-24(29-27(33)36-22)35-23(21)26(30)32)18-8-4-5-9-19(18)34-14-15-6-2-1-3-7-15/h1-13,20-21,23H,14H2,(H,29,33)/t20-,21?,23?/m1/s1. The van der Waals surface area contributed by atoms with E-state index in [9.17, 15) is 14.4 Å². The number of H-pyrrole nitrogens is 1. The van der Waals surface area contributed by atoms with E-state index in [0.717, 1.165) is 27.3 Å². The number of nitrogens with zero attached hydrogens (tertiary/aromatic N) is 1. The van der Waals surface area contributed by atoms with Crippen molar-refractivity contribution in [3.05, 3.63) is 110 Å². The molecule has 6 rings (SSSR count). The maximum atomic E-state index is 13.9. The molecule has 1 fully saturated rings. The van der Waals surface area contributed by atoms with Gasteiger partial charge in [0.25, 0.3) is 0 Å². The number of para-hydroxylation sites is 1. The third kappa shape index (κ3) is 3.95. The van der Waals surface area contributed by atoms with Crippen LogP contribution in [0.25, 0.3) is 0 Å². The van der Waals surface area contributed by atoms with Crippen molar-refractivity contribution in [3.63, 3.8) is 0 Å². The predicted molar refractivity (Wildman–Crippen MR) is 141 cm³/mol. The molecule has 4 aromatic rings. The number of imide groups is 1. The first-order valence-electron chi connectivity index (χ1n) is 11.3. The van der Waals surface area contributed by atoms with Crippen LogP contribution in [0.1, 0.15) is 21.9 Å². The van der Waals surface area contributed by atoms with Crippen LogP contribution in [0.3, 0.4) is 0 Å². The Morgan fingerprint density at radius 1 is 0.889 bits per heavy atom. The zero-order valence-electron chi connectivity index (χ0n) is 18.7. The summed E-state index contributed by atoms with van der Waals surface area (Å²) in [6.07, 6.45) is 0. The van der Waals surface area contributed by atoms with Gasteiger partial charge in [0.15, 0.2) is 0 Å². The molecule has 0 bridgehead atoms. The third-order valence-corrected chi connectivity index (χ3v) is 9.05. The van der Waals surface area contributed by atoms with Gasteiger partial charge in [-0.1, -0.05) is 83.2 Å². The highest BCUT2D eigenvalue weighted by Gasteiger charge is 2.56. The van der Waals surface area contributed by atoms with Gasteiger partial charge in [0.1, 0.15) is 17.6 Å². The van der Waals surface area contributed by atoms with Gasteiger partial charge in [0.2, 0.25) is 11.8 Å². The molecule has 1 N–H and O–H groups in total. The van der Waals surface area contributed by atoms with Gasteiger partial charge < -0.3 is 9.72 Å². The Labute approximate surface area is 219 Å². The van der Waals surface area contributed by atoms with E-state index in [0.29, 0.717) is 28.1 Å². The number of benzene rings is 3. The Morgan fingerprint density at radius 3 is 2.39 bits per heavy atom. The molecule has 2 aliphatic heterocycles. The van der Waals surface area contributed by atoms with E-state index in [2.05, 4.69) is 4.98 Å². The number of carbonyl (C=O) groups excluding carboxylic acids is 2. The lowest BCUT2D eigenvalue weighted by atomic mass is 9.82. The monoisotopic (exact) mass is 534 g/mol. The highest BCUT2D eigenvalue weighted by molar-refractivity contribution is 8.00. The number of hydrogen-bond acceptors (Lipinski definition) is 6. The molecule has 9 heteroatoms. The maximum Gasteiger partial charge on any atom is 0.305 e. The fraction of sp³-hybridized carbons (Fsp3) is 0.148. The smallest absolute Gasteiger partial charge is 0.305 e. The lowest BCUT2D eigenvalue weighted by Crippen LogP contribution is -2.32. The van der Waals surface area contributed by atoms with Crippen LogP contribution in [0.4, 0.5) is 5.69 Å². The minimum atomic E-state index is -0.682. The average molecular weight is 535 g/mol. The number of rotatable bonds is 5. The first-order valence-corrected chi connectivity index (χ1v) is 13.4. The lowest BCUT2D eigenvalue weighted by Gasteiger charge is -2.30. The highest BCUT2D eigenvalue weighted by atomic mass is 35.5. The summed E-state index contributed by atoms with van der Waals surface area (Å²) < 4.78 is 6.22. The van der Waals surface area contributed by atoms with E-state index in [1.54, 1.807) is 24.3 Å². The normalized spacial score (nSPS) is 20.8. The van der Waals surface area contributed by atoms with Gasteiger partial charge in [0, 0.05) is 21.4 Å². The summed E-state index contributed by atoms with van der Waals surface area (Å²) in [6, 6.07) is 24.0. The molecule has 0 radical (unpaired) electrons. The van der Waals surface area contributed by atoms with Gasteiger partial charge in [0.05, 0.1) is 16.6 Å². The second kappa shape index (κ2) is 9.28. The summed E-state index contributed by atoms with van der Waals surface area (Å²) in [7, 11) is 0. The molecule has 0 aliphatic carbocycles. The number of ether oxygens (including phenoxy) is 1. The van der Waals surface area contributed by atoms with Gasteiger partial charge in [-0.05, 0) is 35.9 Å². The summed E-state index contributed by atoms with van der Waals surface area (Å²) >= 11 is 8.36. The van der Waals surface area contributed by atoms with Crippen LogP contribution in [-0.2, 0) is 16.2 Å². The van der Waals surface area contributed by atoms with Crippen molar-refractivity contribution in [1.82, 2.24) is 4.98 Å². The molecule has 0 spiro atoms. The second-order valence-electron chi connectivity index (χ2n) is 8.55. The molecule has 3 atom stereocenters. The Morgan fingerprint density at radius 2 is 1.61 bits per heavy atom. The zero-order chi connectivity index (χ0) is 24.8. The first kappa shape index (κ1) is 23.1. The van der Waals surface area contributed by atoms with E-state index in [4.69, 9.17) is 16.3 Å². The van der Waals surface area contributed by atoms with E-state index >= 15 is 0 Å². The number of hydrogen-bond donors (Lipinski definition) is 1. The summed E-state index contributed by atoms with van der Waals surface area (Å²) in [5.74, 6) is -1.17. The molecule has 0 saturated carbocycles. The van der Waals surface area contributed by atoms with Crippen molar-refractivity contribution >= 4 is 52.2 Å². The molecule has 1 saturated heterocycles. The number of aromatic nitrogens is 1. The van der Waals surface area contributed by atoms with Crippen LogP contribution >= 0.6 is 34.7 Å².